The summed E-state index contributed by atoms with van der Waals surface area (Å²) in [7, 11) is 1.95. The van der Waals surface area contributed by atoms with Gasteiger partial charge < -0.3 is 4.57 Å². The number of aryl methyl sites for hydroxylation is 2. The molecule has 66 valence electrons. The van der Waals surface area contributed by atoms with Crippen molar-refractivity contribution in [1.82, 2.24) is 4.57 Å². The topological polar surface area (TPSA) is 22.0 Å². The van der Waals surface area contributed by atoms with E-state index in [2.05, 4.69) is 0 Å². The van der Waals surface area contributed by atoms with Crippen LogP contribution in [0.2, 0.25) is 0 Å². The largest absolute Gasteiger partial charge is 0.350 e. The van der Waals surface area contributed by atoms with Gasteiger partial charge in [0.05, 0.1) is 5.69 Å². The van der Waals surface area contributed by atoms with Gasteiger partial charge in [0.15, 0.2) is 5.43 Å². The molecule has 0 aromatic rings. The van der Waals surface area contributed by atoms with E-state index in [1.165, 1.54) is 5.56 Å². The lowest BCUT2D eigenvalue weighted by Crippen LogP contribution is -2.05. The second-order valence-electron chi connectivity index (χ2n) is 3.29. The number of nitrogens with zero attached hydrogens (tertiary/aromatic N) is 1. The Hall–Kier alpha value is -1.57. The Morgan fingerprint density at radius 1 is 1.23 bits per heavy atom. The minimum atomic E-state index is 0.0636. The molecule has 0 spiro atoms. The van der Waals surface area contributed by atoms with Gasteiger partial charge in [-0.05, 0) is 30.7 Å². The highest BCUT2D eigenvalue weighted by Crippen LogP contribution is 2.22. The zero-order chi connectivity index (χ0) is 9.42. The zero-order valence-electron chi connectivity index (χ0n) is 7.74. The zero-order valence-corrected chi connectivity index (χ0v) is 7.74. The Morgan fingerprint density at radius 3 is 2.77 bits per heavy atom. The van der Waals surface area contributed by atoms with Crippen molar-refractivity contribution in [3.63, 3.8) is 0 Å². The summed E-state index contributed by atoms with van der Waals surface area (Å²) in [6.45, 7) is 2.05. The molecule has 0 N–H and O–H groups in total. The first kappa shape index (κ1) is 8.05. The maximum atomic E-state index is 11.1. The third-order valence-corrected chi connectivity index (χ3v) is 2.32. The van der Waals surface area contributed by atoms with Crippen molar-refractivity contribution in [3.05, 3.63) is 46.2 Å². The molecule has 0 radical (unpaired) electrons. The van der Waals surface area contributed by atoms with E-state index in [1.54, 1.807) is 12.1 Å². The van der Waals surface area contributed by atoms with Gasteiger partial charge in [-0.2, -0.15) is 0 Å². The summed E-state index contributed by atoms with van der Waals surface area (Å²) in [6.07, 6.45) is 1.97. The molecule has 1 aliphatic carbocycles. The number of rotatable bonds is 0. The van der Waals surface area contributed by atoms with Crippen LogP contribution in [-0.2, 0) is 7.05 Å². The molecule has 1 heterocycles. The molecule has 0 unspecified atom stereocenters. The number of hydrogen-bond acceptors (Lipinski definition) is 1. The summed E-state index contributed by atoms with van der Waals surface area (Å²) in [5.41, 5.74) is 3.40. The molecule has 2 aliphatic rings. The van der Waals surface area contributed by atoms with Gasteiger partial charge in [0, 0.05) is 24.9 Å². The summed E-state index contributed by atoms with van der Waals surface area (Å²) >= 11 is 0. The molecule has 0 aromatic heterocycles. The standard InChI is InChI=1S/C11H11NO/c1-8-5-6-12(2)11-7-9(13)3-4-10(8)11/h3-7H,1-2H3. The van der Waals surface area contributed by atoms with Gasteiger partial charge in [0.25, 0.3) is 0 Å². The minimum Gasteiger partial charge on any atom is -0.350 e. The smallest absolute Gasteiger partial charge is 0.180 e. The third-order valence-electron chi connectivity index (χ3n) is 2.32. The van der Waals surface area contributed by atoms with Gasteiger partial charge in [0.2, 0.25) is 0 Å². The Kier molecular flexibility index (Phi) is 1.69. The molecule has 0 fully saturated rings. The number of fused-ring (bicyclic) bond motifs is 1. The highest BCUT2D eigenvalue weighted by molar-refractivity contribution is 5.64. The lowest BCUT2D eigenvalue weighted by molar-refractivity contribution is 0.907. The van der Waals surface area contributed by atoms with Crippen LogP contribution in [0.3, 0.4) is 0 Å². The molecular formula is C11H11NO. The van der Waals surface area contributed by atoms with Crippen LogP contribution in [0.15, 0.2) is 35.3 Å². The first-order valence-electron chi connectivity index (χ1n) is 4.24. The number of aromatic nitrogens is 1. The van der Waals surface area contributed by atoms with Gasteiger partial charge in [-0.15, -0.1) is 0 Å². The average Bonchev–Trinajstić information content (AvgIpc) is 2.12. The molecular weight excluding hydrogens is 162 g/mol. The lowest BCUT2D eigenvalue weighted by Gasteiger charge is -2.12. The fourth-order valence-electron chi connectivity index (χ4n) is 1.53. The van der Waals surface area contributed by atoms with E-state index in [0.29, 0.717) is 0 Å². The van der Waals surface area contributed by atoms with Crippen molar-refractivity contribution in [1.29, 1.82) is 0 Å². The van der Waals surface area contributed by atoms with Crippen molar-refractivity contribution in [3.8, 4) is 11.3 Å². The molecule has 1 aliphatic heterocycles. The quantitative estimate of drug-likeness (QED) is 0.595. The Balaban J connectivity index is 2.90. The molecule has 0 bridgehead atoms. The highest BCUT2D eigenvalue weighted by atomic mass is 16.1. The van der Waals surface area contributed by atoms with Crippen LogP contribution < -0.4 is 5.43 Å². The minimum absolute atomic E-state index is 0.0636. The molecule has 2 nitrogen and oxygen atoms in total. The van der Waals surface area contributed by atoms with Crippen LogP contribution in [0, 0.1) is 6.92 Å². The number of hydrogen-bond donors (Lipinski definition) is 0. The second-order valence-corrected chi connectivity index (χ2v) is 3.29. The summed E-state index contributed by atoms with van der Waals surface area (Å²) in [6, 6.07) is 7.21. The molecule has 13 heavy (non-hydrogen) atoms. The van der Waals surface area contributed by atoms with E-state index >= 15 is 0 Å². The van der Waals surface area contributed by atoms with Gasteiger partial charge in [-0.25, -0.2) is 0 Å². The van der Waals surface area contributed by atoms with E-state index in [-0.39, 0.29) is 5.43 Å². The maximum Gasteiger partial charge on any atom is 0.180 e. The van der Waals surface area contributed by atoms with Crippen molar-refractivity contribution in [2.45, 2.75) is 6.92 Å². The molecule has 0 aromatic carbocycles. The van der Waals surface area contributed by atoms with Gasteiger partial charge in [0.1, 0.15) is 0 Å². The first-order valence-corrected chi connectivity index (χ1v) is 4.24. The normalized spacial score (nSPS) is 10.6. The fourth-order valence-corrected chi connectivity index (χ4v) is 1.53. The third kappa shape index (κ3) is 1.24. The lowest BCUT2D eigenvalue weighted by atomic mass is 10.0. The maximum absolute atomic E-state index is 11.1. The van der Waals surface area contributed by atoms with Crippen LogP contribution in [0.5, 0.6) is 0 Å². The molecule has 0 atom stereocenters. The summed E-state index contributed by atoms with van der Waals surface area (Å²) in [4.78, 5) is 11.1. The van der Waals surface area contributed by atoms with Gasteiger partial charge >= 0.3 is 0 Å². The van der Waals surface area contributed by atoms with E-state index in [9.17, 15) is 4.79 Å². The van der Waals surface area contributed by atoms with Crippen LogP contribution >= 0.6 is 0 Å². The first-order chi connectivity index (χ1) is 6.18. The van der Waals surface area contributed by atoms with E-state index in [1.807, 2.05) is 36.9 Å². The predicted molar refractivity (Wildman–Crippen MR) is 53.0 cm³/mol. The molecule has 2 heteroatoms. The van der Waals surface area contributed by atoms with Gasteiger partial charge in [-0.3, -0.25) is 4.79 Å². The Bertz CT molecular complexity index is 470. The van der Waals surface area contributed by atoms with E-state index in [4.69, 9.17) is 0 Å². The van der Waals surface area contributed by atoms with Gasteiger partial charge in [-0.1, -0.05) is 0 Å². The highest BCUT2D eigenvalue weighted by Gasteiger charge is 2.06. The summed E-state index contributed by atoms with van der Waals surface area (Å²) in [5, 5.41) is 0. The molecule has 0 amide bonds. The second kappa shape index (κ2) is 2.73. The van der Waals surface area contributed by atoms with E-state index in [0.717, 1.165) is 11.3 Å². The average molecular weight is 173 g/mol. The van der Waals surface area contributed by atoms with Crippen molar-refractivity contribution in [2.75, 3.05) is 0 Å². The number of benzene rings is 1. The van der Waals surface area contributed by atoms with Crippen LogP contribution in [0.4, 0.5) is 0 Å². The van der Waals surface area contributed by atoms with Crippen LogP contribution in [0.1, 0.15) is 5.56 Å². The molecule has 0 saturated carbocycles. The van der Waals surface area contributed by atoms with Crippen LogP contribution in [-0.4, -0.2) is 4.57 Å². The molecule has 2 rings (SSSR count). The predicted octanol–water partition coefficient (Wildman–Crippen LogP) is 1.80. The number of pyridine rings is 1. The Morgan fingerprint density at radius 2 is 2.00 bits per heavy atom. The monoisotopic (exact) mass is 173 g/mol. The molecule has 0 saturated heterocycles. The van der Waals surface area contributed by atoms with Crippen molar-refractivity contribution >= 4 is 0 Å². The Labute approximate surface area is 76.8 Å². The fraction of sp³-hybridized carbons (Fsp3) is 0.182. The summed E-state index contributed by atoms with van der Waals surface area (Å²) < 4.78 is 1.96. The van der Waals surface area contributed by atoms with Crippen molar-refractivity contribution < 1.29 is 0 Å². The van der Waals surface area contributed by atoms with Crippen LogP contribution in [0.25, 0.3) is 11.3 Å². The van der Waals surface area contributed by atoms with Crippen molar-refractivity contribution in [2.24, 2.45) is 7.05 Å². The SMILES string of the molecule is Cc1ccn(C)c2cc(=O)ccc1-2. The van der Waals surface area contributed by atoms with E-state index < -0.39 is 0 Å². The summed E-state index contributed by atoms with van der Waals surface area (Å²) in [5.74, 6) is 0.